The quantitative estimate of drug-likeness (QED) is 0.256. The molecule has 3 aromatic carbocycles. The van der Waals surface area contributed by atoms with Crippen LogP contribution in [0.25, 0.3) is 12.2 Å². The van der Waals surface area contributed by atoms with Gasteiger partial charge >= 0.3 is 0 Å². The van der Waals surface area contributed by atoms with Crippen LogP contribution in [0, 0.1) is 24.7 Å². The molecular formula is C44H58Cl2N2O2. The van der Waals surface area contributed by atoms with Crippen molar-refractivity contribution in [3.8, 4) is 0 Å². The zero-order chi connectivity index (χ0) is 36.1. The monoisotopic (exact) mass is 716 g/mol. The van der Waals surface area contributed by atoms with Crippen molar-refractivity contribution in [2.24, 2.45) is 17.8 Å². The van der Waals surface area contributed by atoms with Gasteiger partial charge in [0.25, 0.3) is 0 Å². The summed E-state index contributed by atoms with van der Waals surface area (Å²) in [6.45, 7) is 5.22. The molecule has 3 aromatic rings. The highest BCUT2D eigenvalue weighted by Gasteiger charge is 2.51. The first-order valence-corrected chi connectivity index (χ1v) is 19.3. The Hall–Kier alpha value is -2.44. The maximum Gasteiger partial charge on any atom is 0.115 e. The van der Waals surface area contributed by atoms with Crippen LogP contribution in [0.4, 0.5) is 0 Å². The van der Waals surface area contributed by atoms with Crippen LogP contribution in [-0.2, 0) is 5.60 Å². The molecule has 6 heteroatoms. The molecule has 3 fully saturated rings. The molecule has 5 unspecified atom stereocenters. The van der Waals surface area contributed by atoms with Crippen molar-refractivity contribution in [2.45, 2.75) is 88.9 Å². The van der Waals surface area contributed by atoms with Gasteiger partial charge in [-0.25, -0.2) is 0 Å². The highest BCUT2D eigenvalue weighted by atomic mass is 35.5. The second kappa shape index (κ2) is 16.9. The molecule has 5 atom stereocenters. The Labute approximate surface area is 311 Å². The molecule has 3 saturated carbocycles. The number of nitrogens with zero attached hydrogens (tertiary/aromatic N) is 2. The van der Waals surface area contributed by atoms with Gasteiger partial charge in [-0.15, -0.1) is 0 Å². The molecule has 6 rings (SSSR count). The molecule has 3 aliphatic rings. The van der Waals surface area contributed by atoms with E-state index < -0.39 is 11.2 Å². The third-order valence-electron chi connectivity index (χ3n) is 11.5. The van der Waals surface area contributed by atoms with Crippen LogP contribution in [0.5, 0.6) is 0 Å². The minimum Gasteiger partial charge on any atom is -0.384 e. The topological polar surface area (TPSA) is 46.9 Å². The Bertz CT molecular complexity index is 1610. The van der Waals surface area contributed by atoms with Gasteiger partial charge < -0.3 is 20.0 Å². The van der Waals surface area contributed by atoms with Gasteiger partial charge in [0.05, 0.1) is 0 Å². The number of hydrogen-bond donors (Lipinski definition) is 2. The van der Waals surface area contributed by atoms with E-state index in [1.54, 1.807) is 0 Å². The standard InChI is InChI=1S/C23H28ClNO.C21H30ClNO/c1-17-6-4-7-19(14-17)23(26)20(8-5-9-21(23)16-25(2)3)15-18-10-12-22(24)13-11-18;1-15-8-13-20(23(2)3)21(24,17-6-4-5-7-17)19(15)14-16-9-11-18(22)12-10-16/h4,6-7,10-15,21,26H,5,8-9,16H2,1-3H3;9-12,14-15,17,20,24H,4-8,13H2,1-3H3. The van der Waals surface area contributed by atoms with Gasteiger partial charge in [-0.2, -0.15) is 0 Å². The van der Waals surface area contributed by atoms with Gasteiger partial charge in [-0.1, -0.05) is 109 Å². The highest BCUT2D eigenvalue weighted by Crippen LogP contribution is 2.50. The number of hydrogen-bond acceptors (Lipinski definition) is 4. The number of aliphatic hydroxyl groups is 2. The van der Waals surface area contributed by atoms with Crippen molar-refractivity contribution in [1.82, 2.24) is 9.80 Å². The van der Waals surface area contributed by atoms with E-state index in [0.29, 0.717) is 11.8 Å². The average molecular weight is 718 g/mol. The van der Waals surface area contributed by atoms with Crippen LogP contribution in [0.2, 0.25) is 10.0 Å². The van der Waals surface area contributed by atoms with Crippen LogP contribution in [0.15, 0.2) is 83.9 Å². The molecule has 0 aliphatic heterocycles. The minimum absolute atomic E-state index is 0.173. The fraction of sp³-hybridized carbons (Fsp3) is 0.500. The summed E-state index contributed by atoms with van der Waals surface area (Å²) in [5.74, 6) is 0.972. The van der Waals surface area contributed by atoms with Crippen molar-refractivity contribution < 1.29 is 10.2 Å². The Morgan fingerprint density at radius 2 is 1.36 bits per heavy atom. The lowest BCUT2D eigenvalue weighted by Gasteiger charge is -2.51. The molecular weight excluding hydrogens is 659 g/mol. The third-order valence-corrected chi connectivity index (χ3v) is 12.0. The first kappa shape index (κ1) is 38.8. The van der Waals surface area contributed by atoms with Crippen LogP contribution >= 0.6 is 23.2 Å². The van der Waals surface area contributed by atoms with E-state index >= 15 is 0 Å². The van der Waals surface area contributed by atoms with Gasteiger partial charge in [-0.05, 0) is 144 Å². The molecule has 4 nitrogen and oxygen atoms in total. The summed E-state index contributed by atoms with van der Waals surface area (Å²) < 4.78 is 0. The van der Waals surface area contributed by atoms with Gasteiger partial charge in [-0.3, -0.25) is 0 Å². The number of aryl methyl sites for hydroxylation is 1. The number of benzene rings is 3. The Balaban J connectivity index is 0.000000195. The Kier molecular flexibility index (Phi) is 13.1. The van der Waals surface area contributed by atoms with Gasteiger partial charge in [0.2, 0.25) is 0 Å². The fourth-order valence-corrected chi connectivity index (χ4v) is 9.25. The van der Waals surface area contributed by atoms with Crippen molar-refractivity contribution in [3.63, 3.8) is 0 Å². The van der Waals surface area contributed by atoms with Crippen molar-refractivity contribution in [3.05, 3.63) is 116 Å². The molecule has 50 heavy (non-hydrogen) atoms. The minimum atomic E-state index is -0.936. The van der Waals surface area contributed by atoms with Crippen LogP contribution in [0.3, 0.4) is 0 Å². The van der Waals surface area contributed by atoms with Gasteiger partial charge in [0.15, 0.2) is 0 Å². The third kappa shape index (κ3) is 8.77. The molecule has 0 aromatic heterocycles. The largest absolute Gasteiger partial charge is 0.384 e. The maximum absolute atomic E-state index is 12.0. The lowest BCUT2D eigenvalue weighted by Crippen LogP contribution is -2.59. The zero-order valence-electron chi connectivity index (χ0n) is 31.0. The number of halogens is 2. The smallest absolute Gasteiger partial charge is 0.115 e. The Morgan fingerprint density at radius 3 is 1.92 bits per heavy atom. The first-order valence-electron chi connectivity index (χ1n) is 18.6. The van der Waals surface area contributed by atoms with E-state index in [9.17, 15) is 10.2 Å². The zero-order valence-corrected chi connectivity index (χ0v) is 32.5. The number of likely N-dealkylation sites (N-methyl/N-ethyl adjacent to an activating group) is 1. The van der Waals surface area contributed by atoms with Gasteiger partial charge in [0, 0.05) is 28.5 Å². The number of rotatable bonds is 7. The fourth-order valence-electron chi connectivity index (χ4n) is 9.00. The Morgan fingerprint density at radius 1 is 0.760 bits per heavy atom. The molecule has 0 bridgehead atoms. The highest BCUT2D eigenvalue weighted by molar-refractivity contribution is 6.30. The summed E-state index contributed by atoms with van der Waals surface area (Å²) in [5.41, 5.74) is 5.08. The van der Waals surface area contributed by atoms with E-state index in [1.807, 2.05) is 42.5 Å². The lowest BCUT2D eigenvalue weighted by atomic mass is 9.64. The van der Waals surface area contributed by atoms with Gasteiger partial charge in [0.1, 0.15) is 11.2 Å². The summed E-state index contributed by atoms with van der Waals surface area (Å²) in [6, 6.07) is 24.3. The normalized spacial score (nSPS) is 29.1. The molecule has 3 aliphatic carbocycles. The van der Waals surface area contributed by atoms with E-state index in [2.05, 4.69) is 94.3 Å². The summed E-state index contributed by atoms with van der Waals surface area (Å²) in [4.78, 5) is 4.41. The molecule has 0 amide bonds. The van der Waals surface area contributed by atoms with E-state index in [0.717, 1.165) is 83.8 Å². The van der Waals surface area contributed by atoms with Crippen LogP contribution in [0.1, 0.15) is 87.0 Å². The van der Waals surface area contributed by atoms with Crippen LogP contribution < -0.4 is 0 Å². The molecule has 0 saturated heterocycles. The first-order chi connectivity index (χ1) is 23.8. The predicted octanol–water partition coefficient (Wildman–Crippen LogP) is 10.3. The predicted molar refractivity (Wildman–Crippen MR) is 213 cm³/mol. The summed E-state index contributed by atoms with van der Waals surface area (Å²) in [5, 5.41) is 25.5. The lowest BCUT2D eigenvalue weighted by molar-refractivity contribution is -0.0699. The SMILES string of the molecule is CC1CCC(N(C)C)C(O)(C2CCCC2)C1=Cc1ccc(Cl)cc1.Cc1cccc(C2(O)C(=Cc3ccc(Cl)cc3)CCCC2CN(C)C)c1. The molecule has 270 valence electrons. The van der Waals surface area contributed by atoms with Crippen LogP contribution in [-0.4, -0.2) is 66.4 Å². The van der Waals surface area contributed by atoms with E-state index in [-0.39, 0.29) is 12.0 Å². The second-order valence-electron chi connectivity index (χ2n) is 15.6. The molecule has 0 heterocycles. The van der Waals surface area contributed by atoms with Crippen molar-refractivity contribution >= 4 is 35.4 Å². The molecule has 0 spiro atoms. The second-order valence-corrected chi connectivity index (χ2v) is 16.5. The summed E-state index contributed by atoms with van der Waals surface area (Å²) >= 11 is 12.1. The maximum atomic E-state index is 12.0. The van der Waals surface area contributed by atoms with Crippen molar-refractivity contribution in [2.75, 3.05) is 34.7 Å². The summed E-state index contributed by atoms with van der Waals surface area (Å²) in [7, 11) is 8.38. The van der Waals surface area contributed by atoms with E-state index in [1.165, 1.54) is 24.0 Å². The average Bonchev–Trinajstić information content (AvgIpc) is 3.63. The molecule has 0 radical (unpaired) electrons. The summed E-state index contributed by atoms with van der Waals surface area (Å²) in [6.07, 6.45) is 14.4. The van der Waals surface area contributed by atoms with Crippen molar-refractivity contribution in [1.29, 1.82) is 0 Å². The molecule has 2 N–H and O–H groups in total. The van der Waals surface area contributed by atoms with E-state index in [4.69, 9.17) is 23.2 Å².